The molecule has 0 spiro atoms. The Hall–Kier alpha value is -3.26. The zero-order chi connectivity index (χ0) is 26.6. The minimum atomic E-state index is -0.385. The van der Waals surface area contributed by atoms with E-state index in [4.69, 9.17) is 32.9 Å². The van der Waals surface area contributed by atoms with E-state index in [9.17, 15) is 9.59 Å². The van der Waals surface area contributed by atoms with Crippen molar-refractivity contribution in [2.45, 2.75) is 19.4 Å². The fraction of sp³-hybridized carbons (Fsp3) is 0.207. The lowest BCUT2D eigenvalue weighted by Crippen LogP contribution is -2.42. The van der Waals surface area contributed by atoms with Crippen LogP contribution in [0.2, 0.25) is 10.0 Å². The van der Waals surface area contributed by atoms with Gasteiger partial charge in [0.05, 0.1) is 34.5 Å². The second kappa shape index (κ2) is 11.6. The Kier molecular flexibility index (Phi) is 8.07. The largest absolute Gasteiger partial charge is 0.463 e. The van der Waals surface area contributed by atoms with E-state index in [-0.39, 0.29) is 29.5 Å². The number of hydrogen-bond acceptors (Lipinski definition) is 6. The predicted octanol–water partition coefficient (Wildman–Crippen LogP) is 7.07. The van der Waals surface area contributed by atoms with Gasteiger partial charge in [0.15, 0.2) is 5.17 Å². The van der Waals surface area contributed by atoms with E-state index < -0.39 is 0 Å². The van der Waals surface area contributed by atoms with Crippen LogP contribution in [-0.2, 0) is 9.53 Å². The Balaban J connectivity index is 1.52. The lowest BCUT2D eigenvalue weighted by molar-refractivity contribution is -0.139. The lowest BCUT2D eigenvalue weighted by Gasteiger charge is -2.41. The van der Waals surface area contributed by atoms with Crippen LogP contribution in [0.3, 0.4) is 0 Å². The van der Waals surface area contributed by atoms with Crippen LogP contribution in [0.25, 0.3) is 5.70 Å². The number of nitrogens with zero attached hydrogens (tertiary/aromatic N) is 2. The Bertz CT molecular complexity index is 1420. The van der Waals surface area contributed by atoms with Crippen LogP contribution < -0.4 is 5.32 Å². The van der Waals surface area contributed by atoms with Gasteiger partial charge >= 0.3 is 5.97 Å². The van der Waals surface area contributed by atoms with Crippen molar-refractivity contribution < 1.29 is 14.3 Å². The third kappa shape index (κ3) is 5.46. The molecule has 3 aromatic carbocycles. The molecule has 1 N–H and O–H groups in total. The number of aliphatic imine (C=N–C) groups is 1. The number of ether oxygens (including phenoxy) is 1. The molecule has 0 bridgehead atoms. The molecule has 6 nitrogen and oxygen atoms in total. The Labute approximate surface area is 235 Å². The van der Waals surface area contributed by atoms with Crippen molar-refractivity contribution in [2.24, 2.45) is 4.99 Å². The topological polar surface area (TPSA) is 71.0 Å². The number of carbonyl (C=O) groups is 2. The van der Waals surface area contributed by atoms with Gasteiger partial charge in [-0.15, -0.1) is 0 Å². The maximum absolute atomic E-state index is 13.4. The molecule has 1 saturated heterocycles. The summed E-state index contributed by atoms with van der Waals surface area (Å²) in [5.41, 5.74) is 3.84. The zero-order valence-corrected chi connectivity index (χ0v) is 22.9. The summed E-state index contributed by atoms with van der Waals surface area (Å²) >= 11 is 13.9. The fourth-order valence-electron chi connectivity index (χ4n) is 4.55. The molecular weight excluding hydrogens is 541 g/mol. The smallest absolute Gasteiger partial charge is 0.338 e. The Morgan fingerprint density at radius 3 is 2.55 bits per heavy atom. The molecule has 2 aliphatic rings. The number of amidine groups is 1. The first-order valence-corrected chi connectivity index (χ1v) is 14.0. The third-order valence-corrected chi connectivity index (χ3v) is 7.90. The molecule has 38 heavy (non-hydrogen) atoms. The highest BCUT2D eigenvalue weighted by molar-refractivity contribution is 8.13. The first kappa shape index (κ1) is 26.4. The third-order valence-electron chi connectivity index (χ3n) is 6.27. The maximum atomic E-state index is 13.4. The second-order valence-corrected chi connectivity index (χ2v) is 10.6. The average Bonchev–Trinajstić information content (AvgIpc) is 2.93. The van der Waals surface area contributed by atoms with Gasteiger partial charge in [-0.2, -0.15) is 0 Å². The quantitative estimate of drug-likeness (QED) is 0.323. The summed E-state index contributed by atoms with van der Waals surface area (Å²) in [5.74, 6) is 0.249. The van der Waals surface area contributed by atoms with E-state index >= 15 is 0 Å². The van der Waals surface area contributed by atoms with Gasteiger partial charge in [0.25, 0.3) is 5.91 Å². The number of halogens is 2. The molecule has 0 radical (unpaired) electrons. The lowest BCUT2D eigenvalue weighted by atomic mass is 9.91. The number of anilines is 1. The van der Waals surface area contributed by atoms with Crippen molar-refractivity contribution in [3.05, 3.63) is 105 Å². The van der Waals surface area contributed by atoms with E-state index in [1.165, 1.54) is 6.07 Å². The van der Waals surface area contributed by atoms with E-state index in [1.807, 2.05) is 54.6 Å². The van der Waals surface area contributed by atoms with Crippen LogP contribution in [0, 0.1) is 0 Å². The summed E-state index contributed by atoms with van der Waals surface area (Å²) in [4.78, 5) is 33.3. The predicted molar refractivity (Wildman–Crippen MR) is 155 cm³/mol. The van der Waals surface area contributed by atoms with Gasteiger partial charge in [-0.3, -0.25) is 4.79 Å². The molecular formula is C29H25Cl2N3O3S. The molecule has 2 aliphatic heterocycles. The molecule has 194 valence electrons. The number of amides is 1. The van der Waals surface area contributed by atoms with Crippen LogP contribution in [0.1, 0.15) is 40.9 Å². The minimum Gasteiger partial charge on any atom is -0.463 e. The molecule has 1 atom stereocenters. The fourth-order valence-corrected chi connectivity index (χ4v) is 6.02. The van der Waals surface area contributed by atoms with Crippen molar-refractivity contribution in [3.63, 3.8) is 0 Å². The molecule has 1 amide bonds. The number of carbonyl (C=O) groups excluding carboxylic acids is 2. The van der Waals surface area contributed by atoms with E-state index in [2.05, 4.69) is 10.2 Å². The van der Waals surface area contributed by atoms with Crippen molar-refractivity contribution in [3.8, 4) is 0 Å². The van der Waals surface area contributed by atoms with E-state index in [1.54, 1.807) is 30.8 Å². The molecule has 0 aliphatic carbocycles. The summed E-state index contributed by atoms with van der Waals surface area (Å²) in [6.45, 7) is 2.84. The first-order chi connectivity index (χ1) is 18.5. The average molecular weight is 567 g/mol. The zero-order valence-electron chi connectivity index (χ0n) is 20.6. The van der Waals surface area contributed by atoms with Gasteiger partial charge in [0, 0.05) is 28.6 Å². The molecule has 5 rings (SSSR count). The van der Waals surface area contributed by atoms with Crippen LogP contribution in [-0.4, -0.2) is 40.8 Å². The molecule has 3 aromatic rings. The molecule has 2 heterocycles. The van der Waals surface area contributed by atoms with Gasteiger partial charge in [-0.05, 0) is 49.2 Å². The van der Waals surface area contributed by atoms with E-state index in [0.717, 1.165) is 35.0 Å². The van der Waals surface area contributed by atoms with Gasteiger partial charge in [0.2, 0.25) is 0 Å². The highest BCUT2D eigenvalue weighted by atomic mass is 35.5. The van der Waals surface area contributed by atoms with Crippen LogP contribution in [0.15, 0.2) is 83.4 Å². The van der Waals surface area contributed by atoms with Crippen LogP contribution >= 0.6 is 35.0 Å². The number of thioether (sulfide) groups is 1. The van der Waals surface area contributed by atoms with Gasteiger partial charge in [-0.25, -0.2) is 9.79 Å². The summed E-state index contributed by atoms with van der Waals surface area (Å²) < 4.78 is 5.53. The molecule has 1 unspecified atom stereocenters. The second-order valence-electron chi connectivity index (χ2n) is 8.74. The molecule has 0 aromatic heterocycles. The number of nitrogens with one attached hydrogen (secondary N) is 1. The van der Waals surface area contributed by atoms with Crippen LogP contribution in [0.5, 0.6) is 0 Å². The van der Waals surface area contributed by atoms with Crippen LogP contribution in [0.4, 0.5) is 5.69 Å². The normalized spacial score (nSPS) is 17.0. The number of esters is 1. The number of rotatable bonds is 6. The summed E-state index contributed by atoms with van der Waals surface area (Å²) in [6.07, 6.45) is 0.979. The molecule has 9 heteroatoms. The standard InChI is InChI=1S/C29H25Cl2N3O3S/c1-2-37-28(36)24-25(18-7-4-3-5-8-18)33-29-34(15-6-16-38-29)26(24)19-9-12-21(13-10-19)32-27(35)22-14-11-20(30)17-23(22)31/h3-5,7-14,17,26H,2,6,15-16H2,1H3,(H,32,35). The van der Waals surface area contributed by atoms with Crippen molar-refractivity contribution in [1.29, 1.82) is 0 Å². The number of hydrogen-bond donors (Lipinski definition) is 1. The SMILES string of the molecule is CCOC(=O)C1=C(c2ccccc2)N=C2SCCCN2C1c1ccc(NC(=O)c2ccc(Cl)cc2Cl)cc1. The van der Waals surface area contributed by atoms with Gasteiger partial charge in [0.1, 0.15) is 0 Å². The summed E-state index contributed by atoms with van der Waals surface area (Å²) in [7, 11) is 0. The van der Waals surface area contributed by atoms with Gasteiger partial charge < -0.3 is 15.0 Å². The highest BCUT2D eigenvalue weighted by Crippen LogP contribution is 2.43. The minimum absolute atomic E-state index is 0.265. The first-order valence-electron chi connectivity index (χ1n) is 12.3. The molecule has 0 saturated carbocycles. The van der Waals surface area contributed by atoms with Gasteiger partial charge in [-0.1, -0.05) is 77.4 Å². The van der Waals surface area contributed by atoms with E-state index in [0.29, 0.717) is 27.5 Å². The van der Waals surface area contributed by atoms with Crippen molar-refractivity contribution >= 4 is 63.4 Å². The van der Waals surface area contributed by atoms with Crippen molar-refractivity contribution in [1.82, 2.24) is 4.90 Å². The number of fused-ring (bicyclic) bond motifs is 1. The summed E-state index contributed by atoms with van der Waals surface area (Å²) in [5, 5.41) is 4.51. The maximum Gasteiger partial charge on any atom is 0.338 e. The Morgan fingerprint density at radius 1 is 1.08 bits per heavy atom. The number of benzene rings is 3. The summed E-state index contributed by atoms with van der Waals surface area (Å²) in [6, 6.07) is 21.6. The van der Waals surface area contributed by atoms with Crippen molar-refractivity contribution in [2.75, 3.05) is 24.2 Å². The molecule has 1 fully saturated rings. The Morgan fingerprint density at radius 2 is 1.84 bits per heavy atom. The monoisotopic (exact) mass is 565 g/mol. The highest BCUT2D eigenvalue weighted by Gasteiger charge is 2.39.